The van der Waals surface area contributed by atoms with Gasteiger partial charge in [-0.2, -0.15) is 0 Å². The molecule has 1 heterocycles. The molecule has 3 rings (SSSR count). The van der Waals surface area contributed by atoms with Crippen molar-refractivity contribution in [2.75, 3.05) is 27.2 Å². The predicted octanol–water partition coefficient (Wildman–Crippen LogP) is 3.52. The lowest BCUT2D eigenvalue weighted by atomic mass is 10.1. The van der Waals surface area contributed by atoms with E-state index in [9.17, 15) is 24.0 Å². The van der Waals surface area contributed by atoms with Crippen LogP contribution >= 0.6 is 0 Å². The fraction of sp³-hybridized carbons (Fsp3) is 0.828. The highest BCUT2D eigenvalue weighted by Gasteiger charge is 2.30. The molecule has 2 saturated carbocycles. The highest BCUT2D eigenvalue weighted by Crippen LogP contribution is 2.33. The highest BCUT2D eigenvalue weighted by molar-refractivity contribution is 6.37. The molecule has 0 bridgehead atoms. The van der Waals surface area contributed by atoms with Gasteiger partial charge in [0.2, 0.25) is 11.7 Å². The van der Waals surface area contributed by atoms with Crippen molar-refractivity contribution in [1.29, 1.82) is 0 Å². The summed E-state index contributed by atoms with van der Waals surface area (Å²) in [5.41, 5.74) is 4.88. The summed E-state index contributed by atoms with van der Waals surface area (Å²) >= 11 is 0. The molecule has 2 unspecified atom stereocenters. The maximum Gasteiger partial charge on any atom is 0.286 e. The summed E-state index contributed by atoms with van der Waals surface area (Å²) in [6, 6.07) is -0.541. The molecular weight excluding hydrogens is 484 g/mol. The third kappa shape index (κ3) is 24.2. The van der Waals surface area contributed by atoms with E-state index >= 15 is 0 Å². The average Bonchev–Trinajstić information content (AvgIpc) is 3.84. The van der Waals surface area contributed by atoms with Gasteiger partial charge in [0.15, 0.2) is 0 Å². The number of nitrogens with zero attached hydrogens (tertiary/aromatic N) is 1. The molecular formula is C29H58N4O5. The van der Waals surface area contributed by atoms with Crippen molar-refractivity contribution >= 4 is 30.2 Å². The third-order valence-electron chi connectivity index (χ3n) is 5.42. The van der Waals surface area contributed by atoms with Gasteiger partial charge in [-0.1, -0.05) is 80.6 Å². The van der Waals surface area contributed by atoms with E-state index < -0.39 is 11.7 Å². The Morgan fingerprint density at radius 3 is 1.76 bits per heavy atom. The van der Waals surface area contributed by atoms with Crippen molar-refractivity contribution in [3.05, 3.63) is 0 Å². The van der Waals surface area contributed by atoms with Crippen LogP contribution in [0.1, 0.15) is 99.8 Å². The molecule has 0 spiro atoms. The van der Waals surface area contributed by atoms with Crippen LogP contribution in [0.15, 0.2) is 0 Å². The van der Waals surface area contributed by atoms with Crippen LogP contribution in [0.25, 0.3) is 0 Å². The van der Waals surface area contributed by atoms with Crippen LogP contribution in [0.2, 0.25) is 0 Å². The molecule has 0 aromatic rings. The highest BCUT2D eigenvalue weighted by atomic mass is 16.2. The van der Waals surface area contributed by atoms with Crippen molar-refractivity contribution < 1.29 is 24.0 Å². The monoisotopic (exact) mass is 542 g/mol. The number of carbonyl (C=O) groups excluding carboxylic acids is 5. The largest absolute Gasteiger partial charge is 0.363 e. The Morgan fingerprint density at radius 2 is 1.47 bits per heavy atom. The number of likely N-dealkylation sites (N-methyl/N-ethyl adjacent to an activating group) is 2. The Balaban J connectivity index is -0.000000436. The molecule has 0 radical (unpaired) electrons. The first-order valence-corrected chi connectivity index (χ1v) is 14.4. The molecule has 3 aliphatic rings. The maximum atomic E-state index is 11.3. The van der Waals surface area contributed by atoms with Gasteiger partial charge in [0.05, 0.1) is 18.6 Å². The summed E-state index contributed by atoms with van der Waals surface area (Å²) < 4.78 is 0. The van der Waals surface area contributed by atoms with Crippen LogP contribution < -0.4 is 16.4 Å². The molecule has 2 amide bonds. The fourth-order valence-corrected chi connectivity index (χ4v) is 2.88. The summed E-state index contributed by atoms with van der Waals surface area (Å²) in [6.45, 7) is 15.3. The summed E-state index contributed by atoms with van der Waals surface area (Å²) in [4.78, 5) is 54.6. The number of carbonyl (C=O) groups is 5. The smallest absolute Gasteiger partial charge is 0.286 e. The van der Waals surface area contributed by atoms with Gasteiger partial charge in [0.25, 0.3) is 5.91 Å². The number of amides is 2. The Hall–Kier alpha value is -2.13. The lowest BCUT2D eigenvalue weighted by Crippen LogP contribution is -2.42. The number of nitrogens with one attached hydrogen (secondary N) is 2. The SMILES string of the molecule is CC.CC(C)C=O.CC1CC1.CCC.CNC(CC1CC1)C(=O)C(N)=O.CNCC(=O)N1CCCC1C=O. The van der Waals surface area contributed by atoms with Crippen molar-refractivity contribution in [2.24, 2.45) is 23.5 Å². The van der Waals surface area contributed by atoms with Crippen LogP contribution in [0.5, 0.6) is 0 Å². The number of hydrogen-bond donors (Lipinski definition) is 3. The Kier molecular flexibility index (Phi) is 28.1. The molecule has 2 atom stereocenters. The number of aldehydes is 2. The molecule has 0 aromatic carbocycles. The van der Waals surface area contributed by atoms with Gasteiger partial charge in [-0.3, -0.25) is 14.4 Å². The van der Waals surface area contributed by atoms with E-state index in [1.165, 1.54) is 32.1 Å². The van der Waals surface area contributed by atoms with Gasteiger partial charge < -0.3 is 30.9 Å². The summed E-state index contributed by atoms with van der Waals surface area (Å²) in [6.07, 6.45) is 10.9. The van der Waals surface area contributed by atoms with Crippen LogP contribution in [0, 0.1) is 17.8 Å². The number of likely N-dealkylation sites (tertiary alicyclic amines) is 1. The van der Waals surface area contributed by atoms with Crippen molar-refractivity contribution in [3.63, 3.8) is 0 Å². The minimum atomic E-state index is -0.838. The normalized spacial score (nSPS) is 17.6. The number of rotatable bonds is 9. The lowest BCUT2D eigenvalue weighted by Gasteiger charge is -2.19. The predicted molar refractivity (Wildman–Crippen MR) is 156 cm³/mol. The quantitative estimate of drug-likeness (QED) is 0.299. The second-order valence-corrected chi connectivity index (χ2v) is 9.98. The van der Waals surface area contributed by atoms with E-state index in [0.717, 1.165) is 44.3 Å². The van der Waals surface area contributed by atoms with Crippen LogP contribution in [0.4, 0.5) is 0 Å². The summed E-state index contributed by atoms with van der Waals surface area (Å²) in [7, 11) is 3.40. The third-order valence-corrected chi connectivity index (χ3v) is 5.42. The zero-order valence-electron chi connectivity index (χ0n) is 25.7. The van der Waals surface area contributed by atoms with Crippen LogP contribution in [-0.4, -0.2) is 74.3 Å². The van der Waals surface area contributed by atoms with Crippen molar-refractivity contribution in [2.45, 2.75) is 112 Å². The second-order valence-electron chi connectivity index (χ2n) is 9.98. The zero-order valence-corrected chi connectivity index (χ0v) is 25.7. The van der Waals surface area contributed by atoms with Crippen molar-refractivity contribution in [3.8, 4) is 0 Å². The van der Waals surface area contributed by atoms with Gasteiger partial charge in [-0.05, 0) is 45.2 Å². The topological polar surface area (TPSA) is 139 Å². The number of primary amides is 1. The van der Waals surface area contributed by atoms with Crippen LogP contribution in [0.3, 0.4) is 0 Å². The number of Topliss-reactive ketones (excluding diaryl/α,β-unsaturated/α-hetero) is 1. The number of hydrogen-bond acceptors (Lipinski definition) is 7. The first-order chi connectivity index (χ1) is 18.0. The van der Waals surface area contributed by atoms with E-state index in [4.69, 9.17) is 5.73 Å². The number of nitrogens with two attached hydrogens (primary N) is 1. The van der Waals surface area contributed by atoms with Gasteiger partial charge >= 0.3 is 0 Å². The molecule has 0 aromatic heterocycles. The average molecular weight is 543 g/mol. The van der Waals surface area contributed by atoms with Crippen molar-refractivity contribution in [1.82, 2.24) is 15.5 Å². The first kappa shape index (κ1) is 40.4. The Labute approximate surface area is 232 Å². The van der Waals surface area contributed by atoms with Gasteiger partial charge in [-0.25, -0.2) is 0 Å². The summed E-state index contributed by atoms with van der Waals surface area (Å²) in [5, 5.41) is 5.59. The lowest BCUT2D eigenvalue weighted by molar-refractivity contribution is -0.137. The molecule has 4 N–H and O–H groups in total. The molecule has 1 aliphatic heterocycles. The molecule has 9 nitrogen and oxygen atoms in total. The zero-order chi connectivity index (χ0) is 30.1. The molecule has 9 heteroatoms. The van der Waals surface area contributed by atoms with Gasteiger partial charge in [-0.15, -0.1) is 0 Å². The minimum Gasteiger partial charge on any atom is -0.363 e. The minimum absolute atomic E-state index is 0.0205. The molecule has 3 fully saturated rings. The first-order valence-electron chi connectivity index (χ1n) is 14.4. The van der Waals surface area contributed by atoms with E-state index in [2.05, 4.69) is 31.4 Å². The van der Waals surface area contributed by atoms with E-state index in [1.807, 2.05) is 27.7 Å². The molecule has 2 aliphatic carbocycles. The molecule has 38 heavy (non-hydrogen) atoms. The molecule has 224 valence electrons. The number of ketones is 1. The Bertz CT molecular complexity index is 634. The van der Waals surface area contributed by atoms with E-state index in [0.29, 0.717) is 12.5 Å². The van der Waals surface area contributed by atoms with Gasteiger partial charge in [0.1, 0.15) is 12.6 Å². The maximum absolute atomic E-state index is 11.3. The Morgan fingerprint density at radius 1 is 1.00 bits per heavy atom. The van der Waals surface area contributed by atoms with E-state index in [1.54, 1.807) is 19.0 Å². The van der Waals surface area contributed by atoms with Crippen LogP contribution in [-0.2, 0) is 24.0 Å². The van der Waals surface area contributed by atoms with E-state index in [-0.39, 0.29) is 23.9 Å². The molecule has 1 saturated heterocycles. The van der Waals surface area contributed by atoms with Gasteiger partial charge in [0, 0.05) is 12.5 Å². The standard InChI is InChI=1S/2C8H14N2O2.C4H8O.C4H8.C3H8.C2H6/c1-10-6(4-5-2-3-5)7(11)8(9)12;1-9-5-8(12)10-4-2-3-7(10)6-11;1-4(2)3-5;1-4-2-3-4;1-3-2;1-2/h5-6,10H,2-4H2,1H3,(H2,9,12);6-7,9H,2-5H2,1H3;3-4H,1-2H3;4H,2-3H2,1H3;3H2,1-2H3;1-2H3. The fourth-order valence-electron chi connectivity index (χ4n) is 2.88. The second kappa shape index (κ2) is 26.5. The summed E-state index contributed by atoms with van der Waals surface area (Å²) in [5.74, 6) is 0.590.